The second-order valence-corrected chi connectivity index (χ2v) is 14.6. The van der Waals surface area contributed by atoms with Crippen LogP contribution in [0.1, 0.15) is 68.8 Å². The molecule has 1 heterocycles. The van der Waals surface area contributed by atoms with Crippen LogP contribution in [0.25, 0.3) is 17.1 Å². The minimum Gasteiger partial charge on any atom is -0.508 e. The monoisotopic (exact) mass is 661 g/mol. The summed E-state index contributed by atoms with van der Waals surface area (Å²) in [5.41, 5.74) is 3.42. The molecule has 6 N–H and O–H groups in total. The number of primary amides is 1. The molecule has 4 aliphatic rings. The molecule has 0 bridgehead atoms. The van der Waals surface area contributed by atoms with E-state index >= 15 is 0 Å². The van der Waals surface area contributed by atoms with Crippen LogP contribution in [0, 0.1) is 23.7 Å². The summed E-state index contributed by atoms with van der Waals surface area (Å²) in [5, 5.41) is 46.6. The van der Waals surface area contributed by atoms with Crippen LogP contribution in [0.4, 0.5) is 5.69 Å². The lowest BCUT2D eigenvalue weighted by molar-refractivity contribution is -0.153. The number of aromatic hydroxyl groups is 1. The van der Waals surface area contributed by atoms with Gasteiger partial charge in [0.15, 0.2) is 11.4 Å². The van der Waals surface area contributed by atoms with Gasteiger partial charge in [-0.3, -0.25) is 19.3 Å². The van der Waals surface area contributed by atoms with Crippen molar-refractivity contribution in [2.24, 2.45) is 29.4 Å². The van der Waals surface area contributed by atoms with Gasteiger partial charge in [0.05, 0.1) is 17.2 Å². The third-order valence-corrected chi connectivity index (χ3v) is 11.3. The first kappa shape index (κ1) is 33.8. The predicted octanol–water partition coefficient (Wildman–Crippen LogP) is 4.44. The minimum atomic E-state index is -2.69. The number of rotatable bonds is 8. The van der Waals surface area contributed by atoms with Crippen molar-refractivity contribution in [3.8, 4) is 17.1 Å². The molecule has 2 fully saturated rings. The summed E-state index contributed by atoms with van der Waals surface area (Å²) >= 11 is 0. The van der Waals surface area contributed by atoms with E-state index in [-0.39, 0.29) is 29.7 Å². The molecule has 0 aliphatic heterocycles. The van der Waals surface area contributed by atoms with Crippen molar-refractivity contribution in [2.75, 3.05) is 33.1 Å². The second-order valence-electron chi connectivity index (χ2n) is 14.6. The average Bonchev–Trinajstić information content (AvgIpc) is 3.47. The van der Waals surface area contributed by atoms with E-state index in [0.717, 1.165) is 30.9 Å². The third kappa shape index (κ3) is 5.22. The molecule has 11 heteroatoms. The van der Waals surface area contributed by atoms with Crippen molar-refractivity contribution in [1.29, 1.82) is 0 Å². The first-order valence-corrected chi connectivity index (χ1v) is 17.0. The molecule has 2 aromatic rings. The van der Waals surface area contributed by atoms with Crippen LogP contribution in [-0.2, 0) is 27.2 Å². The van der Waals surface area contributed by atoms with Crippen molar-refractivity contribution in [1.82, 2.24) is 4.90 Å². The highest BCUT2D eigenvalue weighted by atomic mass is 16.4. The Morgan fingerprint density at radius 1 is 1.04 bits per heavy atom. The van der Waals surface area contributed by atoms with Gasteiger partial charge in [0.25, 0.3) is 5.91 Å². The van der Waals surface area contributed by atoms with Crippen LogP contribution in [0.3, 0.4) is 0 Å². The van der Waals surface area contributed by atoms with E-state index in [1.807, 2.05) is 37.2 Å². The van der Waals surface area contributed by atoms with Gasteiger partial charge in [0.2, 0.25) is 5.78 Å². The molecular formula is C37H47N3O8. The van der Waals surface area contributed by atoms with Crippen molar-refractivity contribution >= 4 is 28.9 Å². The molecule has 1 aromatic carbocycles. The van der Waals surface area contributed by atoms with Gasteiger partial charge in [-0.25, -0.2) is 0 Å². The number of furan rings is 1. The molecule has 0 radical (unpaired) electrons. The summed E-state index contributed by atoms with van der Waals surface area (Å²) in [7, 11) is 6.84. The van der Waals surface area contributed by atoms with Gasteiger partial charge in [-0.1, -0.05) is 32.6 Å². The lowest BCUT2D eigenvalue weighted by atomic mass is 9.57. The van der Waals surface area contributed by atoms with Gasteiger partial charge in [0.1, 0.15) is 34.4 Å². The molecular weight excluding hydrogens is 614 g/mol. The number of hydrogen-bond donors (Lipinski definition) is 5. The Morgan fingerprint density at radius 2 is 1.71 bits per heavy atom. The standard InChI is InChI=1S/C37H47N3O8/c1-6-7-18-8-10-19(11-9-18)14-21-12-13-26(48-21)23-17-25(39(2)3)22-15-20-16-24-30(40(4)5)33(43)29(36(38)46)35(45)37(24,47)34(44)27(20)32(42)28(22)31(23)41/h12-13,17-20,24,30,41-42,45,47H,6-11,14-16H2,1-5H3,(H2,38,46)/t18?,19?,20-,24-,30?,37-/m1/s1. The van der Waals surface area contributed by atoms with Gasteiger partial charge >= 0.3 is 0 Å². The molecule has 4 aliphatic carbocycles. The number of phenols is 1. The molecule has 4 atom stereocenters. The van der Waals surface area contributed by atoms with E-state index in [0.29, 0.717) is 28.5 Å². The Labute approximate surface area is 280 Å². The van der Waals surface area contributed by atoms with Crippen molar-refractivity contribution in [2.45, 2.75) is 76.4 Å². The SMILES string of the molecule is CCCC1CCC(Cc2ccc(-c3cc(N(C)C)c4c(c3O)C(O)=C3C(=O)[C@@]5(O)C(O)=C(C(N)=O)C(=O)C(N(C)C)[C@H]5C[C@H]3C4)o2)CC1. The molecule has 11 nitrogen and oxygen atoms in total. The molecule has 1 amide bonds. The number of hydrogen-bond acceptors (Lipinski definition) is 10. The average molecular weight is 662 g/mol. The first-order chi connectivity index (χ1) is 22.7. The number of amides is 1. The van der Waals surface area contributed by atoms with E-state index in [1.165, 1.54) is 30.6 Å². The Bertz CT molecular complexity index is 1730. The summed E-state index contributed by atoms with van der Waals surface area (Å²) in [5.74, 6) is -4.18. The number of ketones is 2. The fraction of sp³-hybridized carbons (Fsp3) is 0.541. The molecule has 1 unspecified atom stereocenters. The lowest BCUT2D eigenvalue weighted by Gasteiger charge is -2.50. The summed E-state index contributed by atoms with van der Waals surface area (Å²) in [6.07, 6.45) is 8.32. The largest absolute Gasteiger partial charge is 0.508 e. The van der Waals surface area contributed by atoms with Gasteiger partial charge in [-0.15, -0.1) is 0 Å². The smallest absolute Gasteiger partial charge is 0.255 e. The van der Waals surface area contributed by atoms with Crippen LogP contribution < -0.4 is 10.6 Å². The topological polar surface area (TPSA) is 178 Å². The zero-order chi connectivity index (χ0) is 34.8. The van der Waals surface area contributed by atoms with E-state index in [9.17, 15) is 34.8 Å². The summed E-state index contributed by atoms with van der Waals surface area (Å²) < 4.78 is 6.29. The van der Waals surface area contributed by atoms with Gasteiger partial charge in [0, 0.05) is 37.7 Å². The Kier molecular flexibility index (Phi) is 8.74. The quantitative estimate of drug-likeness (QED) is 0.254. The normalized spacial score (nSPS) is 28.8. The number of fused-ring (bicyclic) bond motifs is 3. The Balaban J connectivity index is 1.41. The highest BCUT2D eigenvalue weighted by Crippen LogP contribution is 2.55. The summed E-state index contributed by atoms with van der Waals surface area (Å²) in [6, 6.07) is 4.41. The lowest BCUT2D eigenvalue weighted by Crippen LogP contribution is -2.65. The second kappa shape index (κ2) is 12.4. The number of benzene rings is 1. The summed E-state index contributed by atoms with van der Waals surface area (Å²) in [4.78, 5) is 43.3. The molecule has 0 spiro atoms. The van der Waals surface area contributed by atoms with E-state index in [4.69, 9.17) is 10.2 Å². The van der Waals surface area contributed by atoms with Crippen molar-refractivity contribution in [3.63, 3.8) is 0 Å². The van der Waals surface area contributed by atoms with Crippen LogP contribution in [0.5, 0.6) is 5.75 Å². The predicted molar refractivity (Wildman–Crippen MR) is 180 cm³/mol. The molecule has 48 heavy (non-hydrogen) atoms. The molecule has 2 saturated carbocycles. The van der Waals surface area contributed by atoms with Crippen LogP contribution >= 0.6 is 0 Å². The molecule has 1 aromatic heterocycles. The third-order valence-electron chi connectivity index (χ3n) is 11.3. The van der Waals surface area contributed by atoms with E-state index in [1.54, 1.807) is 14.1 Å². The van der Waals surface area contributed by atoms with Gasteiger partial charge < -0.3 is 35.5 Å². The number of aliphatic hydroxyl groups excluding tert-OH is 2. The van der Waals surface area contributed by atoms with Crippen molar-refractivity contribution < 1.29 is 39.2 Å². The Hall–Kier alpha value is -4.09. The van der Waals surface area contributed by atoms with E-state index < -0.39 is 58.0 Å². The van der Waals surface area contributed by atoms with E-state index in [2.05, 4.69) is 6.92 Å². The fourth-order valence-corrected chi connectivity index (χ4v) is 8.93. The maximum atomic E-state index is 14.3. The highest BCUT2D eigenvalue weighted by molar-refractivity contribution is 6.24. The number of anilines is 1. The van der Waals surface area contributed by atoms with Gasteiger partial charge in [-0.05, 0) is 81.3 Å². The fourth-order valence-electron chi connectivity index (χ4n) is 8.93. The zero-order valence-electron chi connectivity index (χ0n) is 28.4. The van der Waals surface area contributed by atoms with Crippen LogP contribution in [0.2, 0.25) is 0 Å². The molecule has 0 saturated heterocycles. The molecule has 258 valence electrons. The number of likely N-dealkylation sites (N-methyl/N-ethyl adjacent to an activating group) is 1. The number of phenolic OH excluding ortho intramolecular Hbond substituents is 1. The first-order valence-electron chi connectivity index (χ1n) is 17.0. The number of Topliss-reactive ketones (excluding diaryl/α,β-unsaturated/α-hetero) is 2. The maximum absolute atomic E-state index is 14.3. The summed E-state index contributed by atoms with van der Waals surface area (Å²) in [6.45, 7) is 2.23. The minimum absolute atomic E-state index is 0.0308. The van der Waals surface area contributed by atoms with Crippen LogP contribution in [0.15, 0.2) is 39.5 Å². The number of carbonyl (C=O) groups is 3. The molecule has 6 rings (SSSR count). The number of carbonyl (C=O) groups excluding carboxylic acids is 3. The highest BCUT2D eigenvalue weighted by Gasteiger charge is 2.64. The zero-order valence-corrected chi connectivity index (χ0v) is 28.4. The Morgan fingerprint density at radius 3 is 2.31 bits per heavy atom. The number of nitrogens with two attached hydrogens (primary N) is 1. The van der Waals surface area contributed by atoms with Gasteiger partial charge in [-0.2, -0.15) is 0 Å². The van der Waals surface area contributed by atoms with Crippen molar-refractivity contribution in [3.05, 3.63) is 52.0 Å². The number of nitrogens with zero attached hydrogens (tertiary/aromatic N) is 2. The maximum Gasteiger partial charge on any atom is 0.255 e. The number of aliphatic hydroxyl groups is 3. The van der Waals surface area contributed by atoms with Crippen LogP contribution in [-0.4, -0.2) is 82.6 Å².